The van der Waals surface area contributed by atoms with E-state index in [-0.39, 0.29) is 35.1 Å². The maximum absolute atomic E-state index is 12.7. The molecular formula is C21H22N2O5S2. The lowest BCUT2D eigenvalue weighted by Gasteiger charge is -2.26. The first-order chi connectivity index (χ1) is 14.4. The summed E-state index contributed by atoms with van der Waals surface area (Å²) < 4.78 is 35.3. The quantitative estimate of drug-likeness (QED) is 0.698. The van der Waals surface area contributed by atoms with Crippen LogP contribution in [0.25, 0.3) is 0 Å². The van der Waals surface area contributed by atoms with Gasteiger partial charge in [-0.25, -0.2) is 8.42 Å². The predicted octanol–water partition coefficient (Wildman–Crippen LogP) is 2.55. The van der Waals surface area contributed by atoms with Crippen molar-refractivity contribution in [2.24, 2.45) is 4.99 Å². The zero-order chi connectivity index (χ0) is 21.3. The fourth-order valence-corrected chi connectivity index (χ4v) is 7.67. The highest BCUT2D eigenvalue weighted by Gasteiger charge is 2.50. The number of nitrogens with zero attached hydrogens (tertiary/aromatic N) is 2. The van der Waals surface area contributed by atoms with Gasteiger partial charge in [0.05, 0.1) is 43.9 Å². The number of amides is 1. The Bertz CT molecular complexity index is 1090. The number of carbonyl (C=O) groups excluding carboxylic acids is 1. The number of ether oxygens (including phenoxy) is 2. The molecule has 7 nitrogen and oxygen atoms in total. The minimum absolute atomic E-state index is 0.0196. The number of hydrogen-bond acceptors (Lipinski definition) is 6. The van der Waals surface area contributed by atoms with Gasteiger partial charge in [0.15, 0.2) is 15.0 Å². The third-order valence-electron chi connectivity index (χ3n) is 5.13. The SMILES string of the molecule is COc1ccc(N2C(=NC(=O)Cc3ccccc3)S[C@@H]3CS(=O)(=O)C[C@@H]32)c(OC)c1. The molecule has 9 heteroatoms. The van der Waals surface area contributed by atoms with E-state index in [0.717, 1.165) is 5.56 Å². The molecule has 30 heavy (non-hydrogen) atoms. The lowest BCUT2D eigenvalue weighted by atomic mass is 10.1. The Morgan fingerprint density at radius 3 is 2.60 bits per heavy atom. The monoisotopic (exact) mass is 446 g/mol. The molecule has 0 bridgehead atoms. The Morgan fingerprint density at radius 1 is 1.13 bits per heavy atom. The van der Waals surface area contributed by atoms with E-state index in [9.17, 15) is 13.2 Å². The summed E-state index contributed by atoms with van der Waals surface area (Å²) in [4.78, 5) is 18.8. The first-order valence-corrected chi connectivity index (χ1v) is 12.1. The molecule has 0 radical (unpaired) electrons. The van der Waals surface area contributed by atoms with Crippen molar-refractivity contribution in [3.05, 3.63) is 54.1 Å². The van der Waals surface area contributed by atoms with Crippen molar-refractivity contribution < 1.29 is 22.7 Å². The average Bonchev–Trinajstić information content (AvgIpc) is 3.18. The van der Waals surface area contributed by atoms with Gasteiger partial charge in [-0.1, -0.05) is 42.1 Å². The van der Waals surface area contributed by atoms with Crippen LogP contribution < -0.4 is 14.4 Å². The number of thioether (sulfide) groups is 1. The highest BCUT2D eigenvalue weighted by molar-refractivity contribution is 8.16. The lowest BCUT2D eigenvalue weighted by molar-refractivity contribution is -0.117. The number of benzene rings is 2. The van der Waals surface area contributed by atoms with Gasteiger partial charge >= 0.3 is 0 Å². The Kier molecular flexibility index (Phi) is 5.75. The molecule has 0 unspecified atom stereocenters. The molecule has 158 valence electrons. The van der Waals surface area contributed by atoms with Gasteiger partial charge in [0.2, 0.25) is 0 Å². The number of methoxy groups -OCH3 is 2. The summed E-state index contributed by atoms with van der Waals surface area (Å²) in [5.74, 6) is 0.971. The number of sulfone groups is 1. The molecule has 0 spiro atoms. The second-order valence-electron chi connectivity index (χ2n) is 7.16. The second-order valence-corrected chi connectivity index (χ2v) is 10.5. The third kappa shape index (κ3) is 4.17. The van der Waals surface area contributed by atoms with Crippen LogP contribution in [0.5, 0.6) is 11.5 Å². The highest BCUT2D eigenvalue weighted by Crippen LogP contribution is 2.44. The van der Waals surface area contributed by atoms with E-state index in [4.69, 9.17) is 9.47 Å². The normalized spacial score (nSPS) is 23.4. The fourth-order valence-electron chi connectivity index (χ4n) is 3.75. The summed E-state index contributed by atoms with van der Waals surface area (Å²) in [6, 6.07) is 14.4. The highest BCUT2D eigenvalue weighted by atomic mass is 32.2. The van der Waals surface area contributed by atoms with Crippen LogP contribution in [-0.2, 0) is 21.1 Å². The van der Waals surface area contributed by atoms with Crippen LogP contribution >= 0.6 is 11.8 Å². The molecule has 2 heterocycles. The summed E-state index contributed by atoms with van der Waals surface area (Å²) in [6.45, 7) is 0. The molecular weight excluding hydrogens is 424 g/mol. The van der Waals surface area contributed by atoms with Gasteiger partial charge in [-0.15, -0.1) is 0 Å². The summed E-state index contributed by atoms with van der Waals surface area (Å²) >= 11 is 1.34. The smallest absolute Gasteiger partial charge is 0.252 e. The Morgan fingerprint density at radius 2 is 1.90 bits per heavy atom. The Labute approximate surface area is 180 Å². The first kappa shape index (κ1) is 20.7. The summed E-state index contributed by atoms with van der Waals surface area (Å²) in [7, 11) is -0.0395. The number of rotatable bonds is 5. The molecule has 0 aromatic heterocycles. The van der Waals surface area contributed by atoms with Crippen molar-refractivity contribution in [2.45, 2.75) is 17.7 Å². The Balaban J connectivity index is 1.70. The Hall–Kier alpha value is -2.52. The van der Waals surface area contributed by atoms with Crippen molar-refractivity contribution in [1.82, 2.24) is 0 Å². The minimum Gasteiger partial charge on any atom is -0.497 e. The van der Waals surface area contributed by atoms with Crippen LogP contribution in [0.4, 0.5) is 5.69 Å². The van der Waals surface area contributed by atoms with Gasteiger partial charge in [-0.05, 0) is 17.7 Å². The van der Waals surface area contributed by atoms with Crippen LogP contribution in [0.3, 0.4) is 0 Å². The number of hydrogen-bond donors (Lipinski definition) is 0. The zero-order valence-electron chi connectivity index (χ0n) is 16.6. The van der Waals surface area contributed by atoms with E-state index in [2.05, 4.69) is 4.99 Å². The predicted molar refractivity (Wildman–Crippen MR) is 118 cm³/mol. The van der Waals surface area contributed by atoms with Gasteiger partial charge in [0.25, 0.3) is 5.91 Å². The molecule has 2 aliphatic rings. The van der Waals surface area contributed by atoms with E-state index in [0.29, 0.717) is 22.4 Å². The van der Waals surface area contributed by atoms with Crippen LogP contribution in [0, 0.1) is 0 Å². The van der Waals surface area contributed by atoms with Crippen molar-refractivity contribution in [3.8, 4) is 11.5 Å². The molecule has 1 amide bonds. The maximum Gasteiger partial charge on any atom is 0.252 e. The van der Waals surface area contributed by atoms with Crippen LogP contribution in [0.15, 0.2) is 53.5 Å². The van der Waals surface area contributed by atoms with E-state index in [1.165, 1.54) is 11.8 Å². The third-order valence-corrected chi connectivity index (χ3v) is 8.34. The van der Waals surface area contributed by atoms with E-state index >= 15 is 0 Å². The number of aliphatic imine (C=N–C) groups is 1. The molecule has 2 aromatic carbocycles. The second kappa shape index (κ2) is 8.31. The maximum atomic E-state index is 12.7. The standard InChI is InChI=1S/C21H22N2O5S2/c1-27-15-8-9-16(18(11-15)28-2)23-17-12-30(25,26)13-19(17)29-21(23)22-20(24)10-14-6-4-3-5-7-14/h3-9,11,17,19H,10,12-13H2,1-2H3/t17-,19+/m0/s1. The largest absolute Gasteiger partial charge is 0.497 e. The van der Waals surface area contributed by atoms with Gasteiger partial charge in [-0.2, -0.15) is 4.99 Å². The molecule has 0 aliphatic carbocycles. The van der Waals surface area contributed by atoms with Crippen molar-refractivity contribution >= 4 is 38.4 Å². The van der Waals surface area contributed by atoms with Gasteiger partial charge in [-0.3, -0.25) is 4.79 Å². The summed E-state index contributed by atoms with van der Waals surface area (Å²) in [5, 5.41) is 0.328. The number of carbonyl (C=O) groups is 1. The number of amidine groups is 1. The molecule has 0 N–H and O–H groups in total. The zero-order valence-corrected chi connectivity index (χ0v) is 18.3. The van der Waals surface area contributed by atoms with Gasteiger partial charge in [0, 0.05) is 11.3 Å². The van der Waals surface area contributed by atoms with Gasteiger partial charge < -0.3 is 14.4 Å². The minimum atomic E-state index is -3.15. The summed E-state index contributed by atoms with van der Waals surface area (Å²) in [6.07, 6.45) is 0.187. The van der Waals surface area contributed by atoms with E-state index < -0.39 is 9.84 Å². The van der Waals surface area contributed by atoms with Crippen LogP contribution in [0.2, 0.25) is 0 Å². The molecule has 2 aromatic rings. The average molecular weight is 447 g/mol. The van der Waals surface area contributed by atoms with Crippen LogP contribution in [0.1, 0.15) is 5.56 Å². The molecule has 2 aliphatic heterocycles. The van der Waals surface area contributed by atoms with E-state index in [1.54, 1.807) is 26.4 Å². The molecule has 0 saturated carbocycles. The molecule has 2 fully saturated rings. The fraction of sp³-hybridized carbons (Fsp3) is 0.333. The van der Waals surface area contributed by atoms with Crippen molar-refractivity contribution in [3.63, 3.8) is 0 Å². The van der Waals surface area contributed by atoms with Crippen molar-refractivity contribution in [2.75, 3.05) is 30.6 Å². The van der Waals surface area contributed by atoms with E-state index in [1.807, 2.05) is 41.3 Å². The molecule has 2 saturated heterocycles. The number of anilines is 1. The number of fused-ring (bicyclic) bond motifs is 1. The topological polar surface area (TPSA) is 85.3 Å². The molecule has 2 atom stereocenters. The lowest BCUT2D eigenvalue weighted by Crippen LogP contribution is -2.38. The first-order valence-electron chi connectivity index (χ1n) is 9.44. The van der Waals surface area contributed by atoms with Gasteiger partial charge in [0.1, 0.15) is 11.5 Å². The van der Waals surface area contributed by atoms with Crippen LogP contribution in [-0.4, -0.2) is 56.5 Å². The molecule has 4 rings (SSSR count). The van der Waals surface area contributed by atoms with Crippen molar-refractivity contribution in [1.29, 1.82) is 0 Å². The summed E-state index contributed by atoms with van der Waals surface area (Å²) in [5.41, 5.74) is 1.55.